The number of nitrogens with one attached hydrogen (secondary N) is 1. The van der Waals surface area contributed by atoms with Gasteiger partial charge in [0.25, 0.3) is 0 Å². The van der Waals surface area contributed by atoms with Gasteiger partial charge in [-0.2, -0.15) is 0 Å². The first-order chi connectivity index (χ1) is 8.97. The van der Waals surface area contributed by atoms with E-state index in [1.807, 2.05) is 7.11 Å². The van der Waals surface area contributed by atoms with Crippen LogP contribution in [0, 0.1) is 11.3 Å². The van der Waals surface area contributed by atoms with Crippen LogP contribution in [0.2, 0.25) is 0 Å². The lowest BCUT2D eigenvalue weighted by Gasteiger charge is -2.33. The molecule has 0 bridgehead atoms. The first-order valence-electron chi connectivity index (χ1n) is 7.92. The summed E-state index contributed by atoms with van der Waals surface area (Å²) in [6.07, 6.45) is 3.77. The van der Waals surface area contributed by atoms with E-state index in [0.29, 0.717) is 11.5 Å². The van der Waals surface area contributed by atoms with Gasteiger partial charge in [0.15, 0.2) is 0 Å². The van der Waals surface area contributed by atoms with Gasteiger partial charge in [0.1, 0.15) is 0 Å². The smallest absolute Gasteiger partial charge is 0.0503 e. The summed E-state index contributed by atoms with van der Waals surface area (Å²) in [7, 11) is 1.81. The van der Waals surface area contributed by atoms with Crippen LogP contribution in [0.15, 0.2) is 0 Å². The van der Waals surface area contributed by atoms with Crippen LogP contribution < -0.4 is 5.32 Å². The fraction of sp³-hybridized carbons (Fsp3) is 1.00. The molecule has 0 aromatic carbocycles. The highest BCUT2D eigenvalue weighted by atomic mass is 16.5. The van der Waals surface area contributed by atoms with Gasteiger partial charge in [0, 0.05) is 19.7 Å². The lowest BCUT2D eigenvalue weighted by molar-refractivity contribution is 0.151. The van der Waals surface area contributed by atoms with Gasteiger partial charge in [-0.1, -0.05) is 27.7 Å². The SMILES string of the molecule is CCCNC(CCN1CCC(COC)C1)C(C)(C)C. The maximum absolute atomic E-state index is 5.27. The molecular formula is C16H34N2O. The number of hydrogen-bond donors (Lipinski definition) is 1. The molecule has 1 aliphatic heterocycles. The van der Waals surface area contributed by atoms with E-state index in [9.17, 15) is 0 Å². The molecule has 1 saturated heterocycles. The summed E-state index contributed by atoms with van der Waals surface area (Å²) in [4.78, 5) is 2.61. The first-order valence-corrected chi connectivity index (χ1v) is 7.92. The molecule has 0 aromatic rings. The molecule has 1 rings (SSSR count). The highest BCUT2D eigenvalue weighted by Gasteiger charge is 2.27. The van der Waals surface area contributed by atoms with Crippen LogP contribution in [0.1, 0.15) is 47.0 Å². The van der Waals surface area contributed by atoms with E-state index in [2.05, 4.69) is 37.9 Å². The van der Waals surface area contributed by atoms with Crippen LogP contribution in [0.25, 0.3) is 0 Å². The van der Waals surface area contributed by atoms with E-state index in [1.54, 1.807) is 0 Å². The van der Waals surface area contributed by atoms with Gasteiger partial charge in [-0.3, -0.25) is 0 Å². The number of methoxy groups -OCH3 is 1. The minimum atomic E-state index is 0.348. The zero-order valence-electron chi connectivity index (χ0n) is 13.7. The van der Waals surface area contributed by atoms with E-state index < -0.39 is 0 Å². The average molecular weight is 270 g/mol. The minimum absolute atomic E-state index is 0.348. The van der Waals surface area contributed by atoms with Crippen molar-refractivity contribution in [2.75, 3.05) is 39.9 Å². The van der Waals surface area contributed by atoms with E-state index in [1.165, 1.54) is 38.9 Å². The fourth-order valence-corrected chi connectivity index (χ4v) is 2.96. The Morgan fingerprint density at radius 3 is 2.68 bits per heavy atom. The number of likely N-dealkylation sites (tertiary alicyclic amines) is 1. The van der Waals surface area contributed by atoms with Crippen LogP contribution in [0.3, 0.4) is 0 Å². The van der Waals surface area contributed by atoms with E-state index >= 15 is 0 Å². The Morgan fingerprint density at radius 1 is 1.37 bits per heavy atom. The van der Waals surface area contributed by atoms with Gasteiger partial charge in [-0.25, -0.2) is 0 Å². The highest BCUT2D eigenvalue weighted by Crippen LogP contribution is 2.23. The summed E-state index contributed by atoms with van der Waals surface area (Å²) in [6, 6.07) is 0.619. The van der Waals surface area contributed by atoms with Crippen molar-refractivity contribution < 1.29 is 4.74 Å². The molecule has 0 amide bonds. The van der Waals surface area contributed by atoms with Gasteiger partial charge in [0.05, 0.1) is 6.61 Å². The molecule has 2 unspecified atom stereocenters. The molecule has 1 heterocycles. The van der Waals surface area contributed by atoms with Gasteiger partial charge in [-0.05, 0) is 50.2 Å². The molecule has 0 spiro atoms. The zero-order valence-corrected chi connectivity index (χ0v) is 13.7. The standard InChI is InChI=1S/C16H34N2O/c1-6-9-17-15(16(2,3)4)8-11-18-10-7-14(12-18)13-19-5/h14-15,17H,6-13H2,1-5H3. The maximum Gasteiger partial charge on any atom is 0.0503 e. The summed E-state index contributed by atoms with van der Waals surface area (Å²) in [5, 5.41) is 3.72. The summed E-state index contributed by atoms with van der Waals surface area (Å²) in [5.74, 6) is 0.752. The van der Waals surface area contributed by atoms with Crippen molar-refractivity contribution in [2.45, 2.75) is 53.0 Å². The van der Waals surface area contributed by atoms with Crippen LogP contribution in [0.4, 0.5) is 0 Å². The Labute approximate surface area is 120 Å². The van der Waals surface area contributed by atoms with Gasteiger partial charge in [0.2, 0.25) is 0 Å². The maximum atomic E-state index is 5.27. The number of rotatable bonds is 8. The van der Waals surface area contributed by atoms with Crippen LogP contribution in [-0.4, -0.2) is 50.8 Å². The summed E-state index contributed by atoms with van der Waals surface area (Å²) >= 11 is 0. The van der Waals surface area contributed by atoms with Crippen LogP contribution >= 0.6 is 0 Å². The van der Waals surface area contributed by atoms with Crippen molar-refractivity contribution in [3.05, 3.63) is 0 Å². The van der Waals surface area contributed by atoms with Crippen molar-refractivity contribution in [1.29, 1.82) is 0 Å². The Morgan fingerprint density at radius 2 is 2.11 bits per heavy atom. The second kappa shape index (κ2) is 8.23. The monoisotopic (exact) mass is 270 g/mol. The van der Waals surface area contributed by atoms with Crippen molar-refractivity contribution in [2.24, 2.45) is 11.3 Å². The molecule has 19 heavy (non-hydrogen) atoms. The third kappa shape index (κ3) is 6.24. The predicted octanol–water partition coefficient (Wildman–Crippen LogP) is 2.76. The highest BCUT2D eigenvalue weighted by molar-refractivity contribution is 4.83. The molecule has 0 radical (unpaired) electrons. The molecule has 0 aromatic heterocycles. The van der Waals surface area contributed by atoms with Crippen molar-refractivity contribution in [3.8, 4) is 0 Å². The van der Waals surface area contributed by atoms with Gasteiger partial charge >= 0.3 is 0 Å². The Hall–Kier alpha value is -0.120. The lowest BCUT2D eigenvalue weighted by atomic mass is 9.84. The summed E-state index contributed by atoms with van der Waals surface area (Å²) in [6.45, 7) is 15.0. The summed E-state index contributed by atoms with van der Waals surface area (Å²) < 4.78 is 5.27. The molecule has 0 aliphatic carbocycles. The molecule has 1 fully saturated rings. The second-order valence-corrected chi connectivity index (χ2v) is 7.07. The third-order valence-corrected chi connectivity index (χ3v) is 4.19. The van der Waals surface area contributed by atoms with Crippen molar-refractivity contribution in [3.63, 3.8) is 0 Å². The molecule has 3 heteroatoms. The van der Waals surface area contributed by atoms with Crippen molar-refractivity contribution in [1.82, 2.24) is 10.2 Å². The second-order valence-electron chi connectivity index (χ2n) is 7.07. The van der Waals surface area contributed by atoms with E-state index in [-0.39, 0.29) is 0 Å². The van der Waals surface area contributed by atoms with Crippen molar-refractivity contribution >= 4 is 0 Å². The van der Waals surface area contributed by atoms with Gasteiger partial charge in [-0.15, -0.1) is 0 Å². The normalized spacial score (nSPS) is 22.9. The Bertz CT molecular complexity index is 237. The van der Waals surface area contributed by atoms with Crippen LogP contribution in [-0.2, 0) is 4.74 Å². The average Bonchev–Trinajstić information content (AvgIpc) is 2.76. The Kier molecular flexibility index (Phi) is 7.33. The van der Waals surface area contributed by atoms with Gasteiger partial charge < -0.3 is 15.0 Å². The molecular weight excluding hydrogens is 236 g/mol. The minimum Gasteiger partial charge on any atom is -0.384 e. The topological polar surface area (TPSA) is 24.5 Å². The third-order valence-electron chi connectivity index (χ3n) is 4.19. The molecule has 2 atom stereocenters. The molecule has 114 valence electrons. The number of ether oxygens (including phenoxy) is 1. The first kappa shape index (κ1) is 16.9. The quantitative estimate of drug-likeness (QED) is 0.734. The van der Waals surface area contributed by atoms with E-state index in [0.717, 1.165) is 19.1 Å². The molecule has 1 N–H and O–H groups in total. The van der Waals surface area contributed by atoms with E-state index in [4.69, 9.17) is 4.74 Å². The zero-order chi connectivity index (χ0) is 14.3. The number of nitrogens with zero attached hydrogens (tertiary/aromatic N) is 1. The summed E-state index contributed by atoms with van der Waals surface area (Å²) in [5.41, 5.74) is 0.348. The lowest BCUT2D eigenvalue weighted by Crippen LogP contribution is -2.43. The fourth-order valence-electron chi connectivity index (χ4n) is 2.96. The molecule has 0 saturated carbocycles. The largest absolute Gasteiger partial charge is 0.384 e. The predicted molar refractivity (Wildman–Crippen MR) is 82.6 cm³/mol. The van der Waals surface area contributed by atoms with Crippen LogP contribution in [0.5, 0.6) is 0 Å². The Balaban J connectivity index is 2.32. The molecule has 3 nitrogen and oxygen atoms in total. The molecule has 1 aliphatic rings. The number of hydrogen-bond acceptors (Lipinski definition) is 3.